The molecule has 0 saturated heterocycles. The van der Waals surface area contributed by atoms with Crippen LogP contribution in [0.3, 0.4) is 0 Å². The zero-order valence-electron chi connectivity index (χ0n) is 16.7. The van der Waals surface area contributed by atoms with E-state index < -0.39 is 21.0 Å². The van der Waals surface area contributed by atoms with Gasteiger partial charge in [-0.05, 0) is 51.1 Å². The Morgan fingerprint density at radius 3 is 2.66 bits per heavy atom. The second-order valence-corrected chi connectivity index (χ2v) is 10.3. The lowest BCUT2D eigenvalue weighted by atomic mass is 10.2. The Balaban J connectivity index is 2.03. The van der Waals surface area contributed by atoms with Crippen LogP contribution >= 0.6 is 11.3 Å². The van der Waals surface area contributed by atoms with Gasteiger partial charge < -0.3 is 9.30 Å². The number of sulfone groups is 1. The molecule has 0 aliphatic carbocycles. The maximum Gasteiger partial charge on any atom is 0.279 e. The van der Waals surface area contributed by atoms with Crippen molar-refractivity contribution < 1.29 is 17.9 Å². The number of ether oxygens (including phenoxy) is 1. The molecule has 3 rings (SSSR count). The fourth-order valence-electron chi connectivity index (χ4n) is 2.85. The van der Waals surface area contributed by atoms with Crippen molar-refractivity contribution in [1.29, 1.82) is 0 Å². The minimum absolute atomic E-state index is 0.133. The monoisotopic (exact) mass is 432 g/mol. The van der Waals surface area contributed by atoms with Gasteiger partial charge in [0, 0.05) is 18.7 Å². The number of rotatable bonds is 7. The molecule has 8 heteroatoms. The summed E-state index contributed by atoms with van der Waals surface area (Å²) in [6, 6.07) is 13.9. The van der Waals surface area contributed by atoms with Gasteiger partial charge in [0.2, 0.25) is 0 Å². The Bertz CT molecular complexity index is 1190. The lowest BCUT2D eigenvalue weighted by Gasteiger charge is -2.08. The van der Waals surface area contributed by atoms with Crippen LogP contribution in [0.5, 0.6) is 0 Å². The first-order chi connectivity index (χ1) is 13.8. The van der Waals surface area contributed by atoms with Crippen molar-refractivity contribution in [3.63, 3.8) is 0 Å². The number of carbonyl (C=O) groups excluding carboxylic acids is 1. The lowest BCUT2D eigenvalue weighted by Crippen LogP contribution is -2.20. The SMILES string of the molecule is CCOCCn1c(=NC(=O)c2cccc(S(=O)(=O)C(C)C)c2)sc2ccccc21. The summed E-state index contributed by atoms with van der Waals surface area (Å²) >= 11 is 1.42. The number of amides is 1. The minimum atomic E-state index is -3.46. The van der Waals surface area contributed by atoms with Gasteiger partial charge in [-0.1, -0.05) is 29.5 Å². The molecule has 3 aromatic rings. The number of nitrogens with zero attached hydrogens (tertiary/aromatic N) is 2. The highest BCUT2D eigenvalue weighted by atomic mass is 32.2. The average molecular weight is 433 g/mol. The fourth-order valence-corrected chi connectivity index (χ4v) is 5.01. The first kappa shape index (κ1) is 21.4. The lowest BCUT2D eigenvalue weighted by molar-refractivity contribution is 0.0996. The number of benzene rings is 2. The van der Waals surface area contributed by atoms with Crippen molar-refractivity contribution in [2.24, 2.45) is 4.99 Å². The molecule has 0 radical (unpaired) electrons. The zero-order chi connectivity index (χ0) is 21.0. The molecule has 0 aliphatic rings. The van der Waals surface area contributed by atoms with Crippen molar-refractivity contribution in [3.8, 4) is 0 Å². The summed E-state index contributed by atoms with van der Waals surface area (Å²) in [5.74, 6) is -0.470. The van der Waals surface area contributed by atoms with Crippen LogP contribution in [0.4, 0.5) is 0 Å². The third-order valence-corrected chi connectivity index (χ3v) is 7.69. The topological polar surface area (TPSA) is 77.7 Å². The van der Waals surface area contributed by atoms with Gasteiger partial charge in [-0.3, -0.25) is 4.79 Å². The van der Waals surface area contributed by atoms with Gasteiger partial charge in [-0.2, -0.15) is 4.99 Å². The van der Waals surface area contributed by atoms with Gasteiger partial charge in [0.15, 0.2) is 14.6 Å². The highest BCUT2D eigenvalue weighted by molar-refractivity contribution is 7.92. The van der Waals surface area contributed by atoms with Crippen molar-refractivity contribution in [2.45, 2.75) is 37.5 Å². The average Bonchev–Trinajstić information content (AvgIpc) is 3.05. The minimum Gasteiger partial charge on any atom is -0.380 e. The normalized spacial score (nSPS) is 12.8. The number of thiazole rings is 1. The Hall–Kier alpha value is -2.29. The molecule has 0 spiro atoms. The van der Waals surface area contributed by atoms with Crippen molar-refractivity contribution in [2.75, 3.05) is 13.2 Å². The second kappa shape index (κ2) is 9.02. The highest BCUT2D eigenvalue weighted by Gasteiger charge is 2.20. The maximum absolute atomic E-state index is 12.8. The van der Waals surface area contributed by atoms with Crippen molar-refractivity contribution in [1.82, 2.24) is 4.57 Å². The summed E-state index contributed by atoms with van der Waals surface area (Å²) in [6.07, 6.45) is 0. The van der Waals surface area contributed by atoms with E-state index in [0.29, 0.717) is 24.6 Å². The molecule has 0 N–H and O–H groups in total. The van der Waals surface area contributed by atoms with E-state index in [1.807, 2.05) is 35.8 Å². The van der Waals surface area contributed by atoms with E-state index in [-0.39, 0.29) is 10.5 Å². The summed E-state index contributed by atoms with van der Waals surface area (Å²) in [7, 11) is -3.46. The van der Waals surface area contributed by atoms with Gasteiger partial charge in [0.1, 0.15) is 0 Å². The van der Waals surface area contributed by atoms with Crippen molar-refractivity contribution >= 4 is 37.3 Å². The molecule has 6 nitrogen and oxygen atoms in total. The molecule has 1 heterocycles. The standard InChI is InChI=1S/C21H24N2O4S2/c1-4-27-13-12-23-18-10-5-6-11-19(18)28-21(23)22-20(24)16-8-7-9-17(14-16)29(25,26)15(2)3/h5-11,14-15H,4,12-13H2,1-3H3. The molecule has 0 fully saturated rings. The molecule has 1 aromatic heterocycles. The predicted octanol–water partition coefficient (Wildman–Crippen LogP) is 3.66. The van der Waals surface area contributed by atoms with E-state index in [0.717, 1.165) is 10.2 Å². The summed E-state index contributed by atoms with van der Waals surface area (Å²) in [5, 5.41) is -0.562. The molecule has 0 unspecified atom stereocenters. The van der Waals surface area contributed by atoms with E-state index in [1.54, 1.807) is 26.0 Å². The third kappa shape index (κ3) is 4.66. The van der Waals surface area contributed by atoms with Gasteiger partial charge in [0.25, 0.3) is 5.91 Å². The Morgan fingerprint density at radius 1 is 1.17 bits per heavy atom. The number of fused-ring (bicyclic) bond motifs is 1. The molecule has 0 bridgehead atoms. The van der Waals surface area contributed by atoms with Crippen LogP contribution in [0.25, 0.3) is 10.2 Å². The summed E-state index contributed by atoms with van der Waals surface area (Å²) in [6.45, 7) is 6.88. The Morgan fingerprint density at radius 2 is 1.93 bits per heavy atom. The van der Waals surface area contributed by atoms with E-state index in [4.69, 9.17) is 4.74 Å². The van der Waals surface area contributed by atoms with E-state index >= 15 is 0 Å². The molecule has 0 atom stereocenters. The number of aromatic nitrogens is 1. The Labute approximate surface area is 174 Å². The first-order valence-corrected chi connectivity index (χ1v) is 11.8. The number of hydrogen-bond acceptors (Lipinski definition) is 5. The van der Waals surface area contributed by atoms with Crippen LogP contribution in [-0.4, -0.2) is 37.4 Å². The van der Waals surface area contributed by atoms with E-state index in [9.17, 15) is 13.2 Å². The molecule has 29 heavy (non-hydrogen) atoms. The number of carbonyl (C=O) groups is 1. The van der Waals surface area contributed by atoms with Crippen molar-refractivity contribution in [3.05, 3.63) is 58.9 Å². The summed E-state index contributed by atoms with van der Waals surface area (Å²) in [5.41, 5.74) is 1.24. The molecule has 0 saturated carbocycles. The van der Waals surface area contributed by atoms with Gasteiger partial charge in [-0.25, -0.2) is 8.42 Å². The summed E-state index contributed by atoms with van der Waals surface area (Å²) < 4.78 is 33.3. The van der Waals surface area contributed by atoms with Crippen LogP contribution in [0.2, 0.25) is 0 Å². The first-order valence-electron chi connectivity index (χ1n) is 9.43. The van der Waals surface area contributed by atoms with Crippen LogP contribution in [0.15, 0.2) is 58.4 Å². The van der Waals surface area contributed by atoms with Gasteiger partial charge >= 0.3 is 0 Å². The molecular formula is C21H24N2O4S2. The number of hydrogen-bond donors (Lipinski definition) is 0. The second-order valence-electron chi connectivity index (χ2n) is 6.74. The molecular weight excluding hydrogens is 408 g/mol. The van der Waals surface area contributed by atoms with E-state index in [2.05, 4.69) is 4.99 Å². The Kier molecular flexibility index (Phi) is 6.66. The molecule has 0 aliphatic heterocycles. The molecule has 1 amide bonds. The van der Waals surface area contributed by atoms with Crippen LogP contribution in [-0.2, 0) is 21.1 Å². The van der Waals surface area contributed by atoms with Gasteiger partial charge in [0.05, 0.1) is 27.0 Å². The summed E-state index contributed by atoms with van der Waals surface area (Å²) in [4.78, 5) is 17.8. The molecule has 154 valence electrons. The fraction of sp³-hybridized carbons (Fsp3) is 0.333. The highest BCUT2D eigenvalue weighted by Crippen LogP contribution is 2.19. The van der Waals surface area contributed by atoms with Gasteiger partial charge in [-0.15, -0.1) is 0 Å². The largest absolute Gasteiger partial charge is 0.380 e. The zero-order valence-corrected chi connectivity index (χ0v) is 18.3. The maximum atomic E-state index is 12.8. The van der Waals surface area contributed by atoms with Crippen LogP contribution in [0.1, 0.15) is 31.1 Å². The van der Waals surface area contributed by atoms with E-state index in [1.165, 1.54) is 23.5 Å². The van der Waals surface area contributed by atoms with Crippen LogP contribution in [0, 0.1) is 0 Å². The third-order valence-electron chi connectivity index (χ3n) is 4.48. The molecule has 2 aromatic carbocycles. The quantitative estimate of drug-likeness (QED) is 0.534. The smallest absolute Gasteiger partial charge is 0.279 e. The number of para-hydroxylation sites is 1. The predicted molar refractivity (Wildman–Crippen MR) is 115 cm³/mol. The van der Waals surface area contributed by atoms with Crippen LogP contribution < -0.4 is 4.80 Å².